The maximum Gasteiger partial charge on any atom is 0.244 e. The summed E-state index contributed by atoms with van der Waals surface area (Å²) < 4.78 is 2.40. The Kier molecular flexibility index (Phi) is 4.51. The van der Waals surface area contributed by atoms with Crippen molar-refractivity contribution in [1.82, 2.24) is 0 Å². The molecule has 2 nitrogen and oxygen atoms in total. The molecule has 2 aromatic rings. The van der Waals surface area contributed by atoms with Crippen LogP contribution >= 0.6 is 0 Å². The van der Waals surface area contributed by atoms with Crippen LogP contribution < -0.4 is 4.90 Å². The molecule has 0 aliphatic carbocycles. The standard InChI is InChI=1S/C21H27N2/c1-16(2)18-9-5-7-11-20(18)22-13-14-23(15-22)21-12-8-6-10-19(21)17(3)4/h5-12,15-17H,13-14H2,1-4H3/q+1. The van der Waals surface area contributed by atoms with E-state index >= 15 is 0 Å². The number of hydrogen-bond acceptors (Lipinski definition) is 1. The van der Waals surface area contributed by atoms with E-state index in [9.17, 15) is 0 Å². The zero-order valence-electron chi connectivity index (χ0n) is 14.7. The van der Waals surface area contributed by atoms with Crippen molar-refractivity contribution in [3.8, 4) is 0 Å². The lowest BCUT2D eigenvalue weighted by atomic mass is 10.0. The van der Waals surface area contributed by atoms with Gasteiger partial charge >= 0.3 is 0 Å². The Labute approximate surface area is 140 Å². The predicted molar refractivity (Wildman–Crippen MR) is 99.3 cm³/mol. The first kappa shape index (κ1) is 15.8. The molecule has 120 valence electrons. The number of para-hydroxylation sites is 2. The van der Waals surface area contributed by atoms with Crippen molar-refractivity contribution in [2.75, 3.05) is 18.0 Å². The van der Waals surface area contributed by atoms with Gasteiger partial charge in [-0.3, -0.25) is 0 Å². The van der Waals surface area contributed by atoms with Crippen molar-refractivity contribution >= 4 is 17.7 Å². The number of hydrogen-bond donors (Lipinski definition) is 0. The largest absolute Gasteiger partial charge is 0.244 e. The van der Waals surface area contributed by atoms with Gasteiger partial charge < -0.3 is 0 Å². The molecule has 0 saturated carbocycles. The van der Waals surface area contributed by atoms with Gasteiger partial charge in [-0.25, -0.2) is 9.48 Å². The normalized spacial score (nSPS) is 14.7. The molecule has 0 N–H and O–H groups in total. The molecule has 1 aliphatic rings. The van der Waals surface area contributed by atoms with Crippen LogP contribution in [0.2, 0.25) is 0 Å². The van der Waals surface area contributed by atoms with E-state index in [0.717, 1.165) is 13.1 Å². The Morgan fingerprint density at radius 3 is 2.13 bits per heavy atom. The van der Waals surface area contributed by atoms with E-state index in [2.05, 4.69) is 92.0 Å². The molecule has 0 aromatic heterocycles. The molecule has 0 unspecified atom stereocenters. The third-order valence-electron chi connectivity index (χ3n) is 4.60. The lowest BCUT2D eigenvalue weighted by Gasteiger charge is -2.14. The third-order valence-corrected chi connectivity index (χ3v) is 4.60. The van der Waals surface area contributed by atoms with E-state index in [4.69, 9.17) is 0 Å². The zero-order chi connectivity index (χ0) is 16.4. The van der Waals surface area contributed by atoms with Crippen LogP contribution in [0.25, 0.3) is 0 Å². The summed E-state index contributed by atoms with van der Waals surface area (Å²) in [4.78, 5) is 2.40. The van der Waals surface area contributed by atoms with Gasteiger partial charge in [-0.2, -0.15) is 0 Å². The SMILES string of the molecule is CC(C)c1ccccc1N1C=[N+](c2ccccc2C(C)C)CC1. The van der Waals surface area contributed by atoms with E-state index in [1.165, 1.54) is 22.5 Å². The molecule has 0 saturated heterocycles. The van der Waals surface area contributed by atoms with Crippen molar-refractivity contribution in [3.63, 3.8) is 0 Å². The van der Waals surface area contributed by atoms with Gasteiger partial charge in [-0.1, -0.05) is 64.1 Å². The van der Waals surface area contributed by atoms with Gasteiger partial charge in [-0.15, -0.1) is 0 Å². The number of nitrogens with zero attached hydrogens (tertiary/aromatic N) is 2. The molecular formula is C21H27N2+. The summed E-state index contributed by atoms with van der Waals surface area (Å²) in [5, 5.41) is 0. The van der Waals surface area contributed by atoms with Crippen molar-refractivity contribution < 1.29 is 4.58 Å². The van der Waals surface area contributed by atoms with Gasteiger partial charge in [0.2, 0.25) is 6.34 Å². The molecule has 1 heterocycles. The van der Waals surface area contributed by atoms with E-state index < -0.39 is 0 Å². The number of rotatable bonds is 4. The highest BCUT2D eigenvalue weighted by Gasteiger charge is 2.26. The van der Waals surface area contributed by atoms with E-state index in [1.54, 1.807) is 0 Å². The van der Waals surface area contributed by atoms with Crippen molar-refractivity contribution in [3.05, 3.63) is 59.7 Å². The molecule has 0 amide bonds. The Balaban J connectivity index is 1.97. The average molecular weight is 307 g/mol. The molecule has 0 fully saturated rings. The molecule has 2 heteroatoms. The topological polar surface area (TPSA) is 6.25 Å². The molecule has 23 heavy (non-hydrogen) atoms. The summed E-state index contributed by atoms with van der Waals surface area (Å²) in [7, 11) is 0. The van der Waals surface area contributed by atoms with E-state index in [-0.39, 0.29) is 0 Å². The molecule has 0 spiro atoms. The second-order valence-corrected chi connectivity index (χ2v) is 6.93. The minimum Gasteiger partial charge on any atom is -0.229 e. The van der Waals surface area contributed by atoms with Crippen LogP contribution in [0.3, 0.4) is 0 Å². The minimum atomic E-state index is 0.539. The first-order valence-corrected chi connectivity index (χ1v) is 8.64. The van der Waals surface area contributed by atoms with Gasteiger partial charge in [0.1, 0.15) is 24.5 Å². The summed E-state index contributed by atoms with van der Waals surface area (Å²) in [6.45, 7) is 11.1. The highest BCUT2D eigenvalue weighted by atomic mass is 15.3. The average Bonchev–Trinajstić information content (AvgIpc) is 3.04. The second kappa shape index (κ2) is 6.57. The van der Waals surface area contributed by atoms with Crippen molar-refractivity contribution in [1.29, 1.82) is 0 Å². The van der Waals surface area contributed by atoms with E-state index in [1.807, 2.05) is 0 Å². The molecule has 0 radical (unpaired) electrons. The van der Waals surface area contributed by atoms with Crippen LogP contribution in [-0.4, -0.2) is 24.0 Å². The third kappa shape index (κ3) is 3.17. The smallest absolute Gasteiger partial charge is 0.229 e. The summed E-state index contributed by atoms with van der Waals surface area (Å²) >= 11 is 0. The number of benzene rings is 2. The van der Waals surface area contributed by atoms with Gasteiger partial charge in [-0.05, 0) is 24.0 Å². The summed E-state index contributed by atoms with van der Waals surface area (Å²) in [5.41, 5.74) is 5.52. The lowest BCUT2D eigenvalue weighted by molar-refractivity contribution is -0.424. The molecule has 0 atom stereocenters. The Hall–Kier alpha value is -2.09. The molecular weight excluding hydrogens is 280 g/mol. The minimum absolute atomic E-state index is 0.539. The highest BCUT2D eigenvalue weighted by Crippen LogP contribution is 2.30. The quantitative estimate of drug-likeness (QED) is 0.710. The fourth-order valence-electron chi connectivity index (χ4n) is 3.34. The second-order valence-electron chi connectivity index (χ2n) is 6.93. The summed E-state index contributed by atoms with van der Waals surface area (Å²) in [6.07, 6.45) is 2.28. The maximum atomic E-state index is 2.40. The first-order chi connectivity index (χ1) is 11.1. The predicted octanol–water partition coefficient (Wildman–Crippen LogP) is 5.13. The fourth-order valence-corrected chi connectivity index (χ4v) is 3.34. The lowest BCUT2D eigenvalue weighted by Crippen LogP contribution is -2.20. The first-order valence-electron chi connectivity index (χ1n) is 8.64. The van der Waals surface area contributed by atoms with Gasteiger partial charge in [0.25, 0.3) is 0 Å². The molecule has 0 bridgehead atoms. The Morgan fingerprint density at radius 1 is 0.826 bits per heavy atom. The van der Waals surface area contributed by atoms with Crippen LogP contribution in [-0.2, 0) is 0 Å². The fraction of sp³-hybridized carbons (Fsp3) is 0.381. The zero-order valence-corrected chi connectivity index (χ0v) is 14.7. The highest BCUT2D eigenvalue weighted by molar-refractivity contribution is 5.80. The molecule has 2 aromatic carbocycles. The molecule has 1 aliphatic heterocycles. The van der Waals surface area contributed by atoms with Crippen LogP contribution in [0.5, 0.6) is 0 Å². The Bertz CT molecular complexity index is 713. The number of anilines is 1. The Morgan fingerprint density at radius 2 is 1.43 bits per heavy atom. The van der Waals surface area contributed by atoms with Crippen molar-refractivity contribution in [2.24, 2.45) is 0 Å². The summed E-state index contributed by atoms with van der Waals surface area (Å²) in [6, 6.07) is 17.5. The van der Waals surface area contributed by atoms with Crippen LogP contribution in [0.4, 0.5) is 11.4 Å². The maximum absolute atomic E-state index is 2.40. The molecule has 3 rings (SSSR count). The monoisotopic (exact) mass is 307 g/mol. The van der Waals surface area contributed by atoms with Gasteiger partial charge in [0, 0.05) is 11.1 Å². The van der Waals surface area contributed by atoms with E-state index in [0.29, 0.717) is 11.8 Å². The van der Waals surface area contributed by atoms with Crippen LogP contribution in [0, 0.1) is 0 Å². The summed E-state index contributed by atoms with van der Waals surface area (Å²) in [5.74, 6) is 1.08. The van der Waals surface area contributed by atoms with Gasteiger partial charge in [0.15, 0.2) is 0 Å². The van der Waals surface area contributed by atoms with Crippen LogP contribution in [0.15, 0.2) is 48.5 Å². The van der Waals surface area contributed by atoms with Gasteiger partial charge in [0.05, 0.1) is 0 Å². The van der Waals surface area contributed by atoms with Crippen molar-refractivity contribution in [2.45, 2.75) is 39.5 Å². The van der Waals surface area contributed by atoms with Crippen LogP contribution in [0.1, 0.15) is 50.7 Å².